The lowest BCUT2D eigenvalue weighted by atomic mass is 9.93. The van der Waals surface area contributed by atoms with E-state index >= 15 is 0 Å². The summed E-state index contributed by atoms with van der Waals surface area (Å²) in [7, 11) is 2.13. The van der Waals surface area contributed by atoms with E-state index in [0.29, 0.717) is 29.9 Å². The van der Waals surface area contributed by atoms with Gasteiger partial charge in [0, 0.05) is 25.4 Å². The average Bonchev–Trinajstić information content (AvgIpc) is 3.08. The van der Waals surface area contributed by atoms with Gasteiger partial charge in [-0.1, -0.05) is 5.16 Å². The lowest BCUT2D eigenvalue weighted by molar-refractivity contribution is -0.121. The molecule has 24 heavy (non-hydrogen) atoms. The van der Waals surface area contributed by atoms with Crippen molar-refractivity contribution in [1.82, 2.24) is 30.3 Å². The second-order valence-electron chi connectivity index (χ2n) is 6.17. The van der Waals surface area contributed by atoms with Crippen molar-refractivity contribution in [2.75, 3.05) is 20.1 Å². The minimum Gasteiger partial charge on any atom is -0.347 e. The van der Waals surface area contributed by atoms with Crippen LogP contribution in [-0.2, 0) is 11.3 Å². The van der Waals surface area contributed by atoms with Crippen LogP contribution in [0, 0.1) is 5.92 Å². The van der Waals surface area contributed by atoms with Crippen molar-refractivity contribution in [3.63, 3.8) is 0 Å². The van der Waals surface area contributed by atoms with Crippen LogP contribution in [0.2, 0.25) is 0 Å². The molecule has 1 saturated heterocycles. The van der Waals surface area contributed by atoms with Crippen LogP contribution in [-0.4, -0.2) is 51.1 Å². The molecule has 1 aliphatic heterocycles. The SMILES string of the molecule is CN1CCCC(CCC(=O)NCc2nc(-c3ncccn3)no2)C1. The standard InChI is InChI=1S/C16H22N6O2/c1-22-9-2-4-12(11-22)5-6-13(23)19-10-14-20-16(21-24-14)15-17-7-3-8-18-15/h3,7-8,12H,2,4-6,9-11H2,1H3,(H,19,23). The zero-order valence-electron chi connectivity index (χ0n) is 13.8. The Morgan fingerprint density at radius 2 is 2.21 bits per heavy atom. The van der Waals surface area contributed by atoms with Gasteiger partial charge in [0.25, 0.3) is 0 Å². The predicted molar refractivity (Wildman–Crippen MR) is 86.6 cm³/mol. The fourth-order valence-electron chi connectivity index (χ4n) is 2.94. The molecule has 3 heterocycles. The van der Waals surface area contributed by atoms with E-state index in [2.05, 4.69) is 37.4 Å². The predicted octanol–water partition coefficient (Wildman–Crippen LogP) is 1.26. The molecule has 1 N–H and O–H groups in total. The number of carbonyl (C=O) groups is 1. The summed E-state index contributed by atoms with van der Waals surface area (Å²) in [6.45, 7) is 2.47. The van der Waals surface area contributed by atoms with Gasteiger partial charge in [-0.15, -0.1) is 0 Å². The molecule has 1 fully saturated rings. The summed E-state index contributed by atoms with van der Waals surface area (Å²) >= 11 is 0. The van der Waals surface area contributed by atoms with Crippen LogP contribution in [0.5, 0.6) is 0 Å². The molecule has 2 aromatic heterocycles. The number of amides is 1. The third kappa shape index (κ3) is 4.58. The number of nitrogens with one attached hydrogen (secondary N) is 1. The monoisotopic (exact) mass is 330 g/mol. The van der Waals surface area contributed by atoms with Gasteiger partial charge in [0.1, 0.15) is 0 Å². The summed E-state index contributed by atoms with van der Waals surface area (Å²) in [5.41, 5.74) is 0. The summed E-state index contributed by atoms with van der Waals surface area (Å²) in [6.07, 6.45) is 7.10. The quantitative estimate of drug-likeness (QED) is 0.851. The zero-order chi connectivity index (χ0) is 16.8. The van der Waals surface area contributed by atoms with Gasteiger partial charge in [-0.05, 0) is 44.8 Å². The van der Waals surface area contributed by atoms with Gasteiger partial charge in [-0.2, -0.15) is 4.98 Å². The van der Waals surface area contributed by atoms with Crippen LogP contribution in [0.4, 0.5) is 0 Å². The highest BCUT2D eigenvalue weighted by molar-refractivity contribution is 5.75. The fourth-order valence-corrected chi connectivity index (χ4v) is 2.94. The van der Waals surface area contributed by atoms with E-state index in [4.69, 9.17) is 4.52 Å². The van der Waals surface area contributed by atoms with Gasteiger partial charge in [0.15, 0.2) is 0 Å². The molecule has 0 aromatic carbocycles. The Labute approximate surface area is 140 Å². The van der Waals surface area contributed by atoms with Crippen molar-refractivity contribution in [3.05, 3.63) is 24.4 Å². The van der Waals surface area contributed by atoms with E-state index in [1.807, 2.05) is 0 Å². The molecule has 8 nitrogen and oxygen atoms in total. The second kappa shape index (κ2) is 7.96. The van der Waals surface area contributed by atoms with Crippen molar-refractivity contribution in [2.24, 2.45) is 5.92 Å². The molecule has 1 unspecified atom stereocenters. The van der Waals surface area contributed by atoms with Gasteiger partial charge >= 0.3 is 0 Å². The summed E-state index contributed by atoms with van der Waals surface area (Å²) in [4.78, 5) is 26.6. The maximum absolute atomic E-state index is 12.0. The first kappa shape index (κ1) is 16.5. The smallest absolute Gasteiger partial charge is 0.246 e. The summed E-state index contributed by atoms with van der Waals surface area (Å²) in [6, 6.07) is 1.72. The van der Waals surface area contributed by atoms with Gasteiger partial charge < -0.3 is 14.7 Å². The minimum atomic E-state index is 0.0129. The zero-order valence-corrected chi connectivity index (χ0v) is 13.8. The van der Waals surface area contributed by atoms with Crippen LogP contribution >= 0.6 is 0 Å². The first-order chi connectivity index (χ1) is 11.7. The van der Waals surface area contributed by atoms with Crippen LogP contribution in [0.15, 0.2) is 23.0 Å². The highest BCUT2D eigenvalue weighted by Crippen LogP contribution is 2.19. The first-order valence-electron chi connectivity index (χ1n) is 8.26. The van der Waals surface area contributed by atoms with Crippen LogP contribution < -0.4 is 5.32 Å². The van der Waals surface area contributed by atoms with Crippen LogP contribution in [0.25, 0.3) is 11.6 Å². The Morgan fingerprint density at radius 3 is 3.00 bits per heavy atom. The molecule has 0 saturated carbocycles. The van der Waals surface area contributed by atoms with Crippen molar-refractivity contribution < 1.29 is 9.32 Å². The molecule has 0 spiro atoms. The van der Waals surface area contributed by atoms with Crippen LogP contribution in [0.3, 0.4) is 0 Å². The Morgan fingerprint density at radius 1 is 1.38 bits per heavy atom. The number of nitrogens with zero attached hydrogens (tertiary/aromatic N) is 5. The summed E-state index contributed by atoms with van der Waals surface area (Å²) in [5.74, 6) is 1.70. The molecule has 0 radical (unpaired) electrons. The Hall–Kier alpha value is -2.35. The number of piperidine rings is 1. The molecule has 1 amide bonds. The third-order valence-electron chi connectivity index (χ3n) is 4.17. The topological polar surface area (TPSA) is 97.0 Å². The Bertz CT molecular complexity index is 660. The molecular formula is C16H22N6O2. The van der Waals surface area contributed by atoms with E-state index in [-0.39, 0.29) is 12.5 Å². The summed E-state index contributed by atoms with van der Waals surface area (Å²) in [5, 5.41) is 6.65. The third-order valence-corrected chi connectivity index (χ3v) is 4.17. The molecule has 8 heteroatoms. The van der Waals surface area contributed by atoms with Crippen molar-refractivity contribution in [3.8, 4) is 11.6 Å². The number of likely N-dealkylation sites (tertiary alicyclic amines) is 1. The molecule has 1 atom stereocenters. The average molecular weight is 330 g/mol. The Kier molecular flexibility index (Phi) is 5.47. The number of hydrogen-bond donors (Lipinski definition) is 1. The Balaban J connectivity index is 1.42. The molecule has 1 aliphatic rings. The largest absolute Gasteiger partial charge is 0.347 e. The number of hydrogen-bond acceptors (Lipinski definition) is 7. The number of rotatable bonds is 6. The molecule has 3 rings (SSSR count). The molecule has 128 valence electrons. The maximum atomic E-state index is 12.0. The summed E-state index contributed by atoms with van der Waals surface area (Å²) < 4.78 is 5.12. The minimum absolute atomic E-state index is 0.0129. The van der Waals surface area contributed by atoms with E-state index in [1.54, 1.807) is 18.5 Å². The van der Waals surface area contributed by atoms with Crippen LogP contribution in [0.1, 0.15) is 31.6 Å². The van der Waals surface area contributed by atoms with E-state index in [0.717, 1.165) is 19.5 Å². The molecular weight excluding hydrogens is 308 g/mol. The maximum Gasteiger partial charge on any atom is 0.246 e. The fraction of sp³-hybridized carbons (Fsp3) is 0.562. The lowest BCUT2D eigenvalue weighted by Gasteiger charge is -2.29. The lowest BCUT2D eigenvalue weighted by Crippen LogP contribution is -2.33. The van der Waals surface area contributed by atoms with Gasteiger partial charge in [0.05, 0.1) is 6.54 Å². The van der Waals surface area contributed by atoms with Gasteiger partial charge in [-0.3, -0.25) is 4.79 Å². The highest BCUT2D eigenvalue weighted by atomic mass is 16.5. The van der Waals surface area contributed by atoms with E-state index in [1.165, 1.54) is 12.8 Å². The molecule has 0 bridgehead atoms. The molecule has 0 aliphatic carbocycles. The van der Waals surface area contributed by atoms with Gasteiger partial charge in [0.2, 0.25) is 23.4 Å². The number of carbonyl (C=O) groups excluding carboxylic acids is 1. The second-order valence-corrected chi connectivity index (χ2v) is 6.17. The first-order valence-corrected chi connectivity index (χ1v) is 8.26. The van der Waals surface area contributed by atoms with Gasteiger partial charge in [-0.25, -0.2) is 9.97 Å². The molecule has 2 aromatic rings. The van der Waals surface area contributed by atoms with Crippen molar-refractivity contribution >= 4 is 5.91 Å². The van der Waals surface area contributed by atoms with Crippen molar-refractivity contribution in [2.45, 2.75) is 32.2 Å². The van der Waals surface area contributed by atoms with E-state index in [9.17, 15) is 4.79 Å². The van der Waals surface area contributed by atoms with Crippen molar-refractivity contribution in [1.29, 1.82) is 0 Å². The van der Waals surface area contributed by atoms with E-state index < -0.39 is 0 Å². The normalized spacial score (nSPS) is 18.5. The highest BCUT2D eigenvalue weighted by Gasteiger charge is 2.18. The number of aromatic nitrogens is 4.